The molecule has 0 bridgehead atoms. The molecule has 0 atom stereocenters. The van der Waals surface area contributed by atoms with Crippen molar-refractivity contribution in [3.8, 4) is 0 Å². The van der Waals surface area contributed by atoms with Crippen molar-refractivity contribution < 1.29 is 0 Å². The van der Waals surface area contributed by atoms with Crippen LogP contribution in [0, 0.1) is 0 Å². The summed E-state index contributed by atoms with van der Waals surface area (Å²) in [6.45, 7) is 6.19. The van der Waals surface area contributed by atoms with Crippen molar-refractivity contribution in [2.24, 2.45) is 12.8 Å². The molecular formula is C12H24N4. The highest BCUT2D eigenvalue weighted by atomic mass is 15.2. The molecule has 4 heteroatoms. The maximum absolute atomic E-state index is 5.95. The molecule has 0 saturated heterocycles. The molecule has 0 radical (unpaired) electrons. The van der Waals surface area contributed by atoms with Crippen molar-refractivity contribution >= 4 is 0 Å². The number of nitrogens with zero attached hydrogens (tertiary/aromatic N) is 3. The molecule has 16 heavy (non-hydrogen) atoms. The fourth-order valence-corrected chi connectivity index (χ4v) is 1.75. The third-order valence-corrected chi connectivity index (χ3v) is 2.57. The number of aryl methyl sites for hydroxylation is 1. The van der Waals surface area contributed by atoms with Crippen molar-refractivity contribution in [1.82, 2.24) is 14.7 Å². The smallest absolute Gasteiger partial charge is 0.0534 e. The van der Waals surface area contributed by atoms with E-state index in [1.165, 1.54) is 5.56 Å². The second-order valence-corrected chi connectivity index (χ2v) is 5.35. The van der Waals surface area contributed by atoms with Crippen LogP contribution in [0.2, 0.25) is 0 Å². The molecule has 1 aromatic rings. The van der Waals surface area contributed by atoms with Gasteiger partial charge in [-0.3, -0.25) is 4.68 Å². The van der Waals surface area contributed by atoms with Gasteiger partial charge in [0, 0.05) is 30.9 Å². The van der Waals surface area contributed by atoms with E-state index in [0.29, 0.717) is 0 Å². The van der Waals surface area contributed by atoms with E-state index in [1.807, 2.05) is 17.9 Å². The molecule has 0 aliphatic heterocycles. The SMILES string of the molecule is CN(CCCC(C)(C)N)Cc1cnn(C)c1. The van der Waals surface area contributed by atoms with Crippen LogP contribution in [-0.2, 0) is 13.6 Å². The Morgan fingerprint density at radius 3 is 2.69 bits per heavy atom. The summed E-state index contributed by atoms with van der Waals surface area (Å²) in [5, 5.41) is 4.16. The summed E-state index contributed by atoms with van der Waals surface area (Å²) >= 11 is 0. The first-order valence-corrected chi connectivity index (χ1v) is 5.82. The maximum atomic E-state index is 5.95. The van der Waals surface area contributed by atoms with E-state index >= 15 is 0 Å². The zero-order chi connectivity index (χ0) is 12.2. The van der Waals surface area contributed by atoms with E-state index in [4.69, 9.17) is 5.73 Å². The minimum absolute atomic E-state index is 0.0465. The van der Waals surface area contributed by atoms with Crippen molar-refractivity contribution in [2.45, 2.75) is 38.8 Å². The minimum Gasteiger partial charge on any atom is -0.326 e. The second kappa shape index (κ2) is 5.46. The van der Waals surface area contributed by atoms with Crippen LogP contribution in [-0.4, -0.2) is 33.8 Å². The number of aromatic nitrogens is 2. The highest BCUT2D eigenvalue weighted by Crippen LogP contribution is 2.08. The fourth-order valence-electron chi connectivity index (χ4n) is 1.75. The van der Waals surface area contributed by atoms with E-state index in [0.717, 1.165) is 25.9 Å². The van der Waals surface area contributed by atoms with Crippen LogP contribution in [0.4, 0.5) is 0 Å². The van der Waals surface area contributed by atoms with Gasteiger partial charge in [-0.15, -0.1) is 0 Å². The molecule has 92 valence electrons. The second-order valence-electron chi connectivity index (χ2n) is 5.35. The first-order valence-electron chi connectivity index (χ1n) is 5.82. The molecule has 0 fully saturated rings. The molecule has 0 aromatic carbocycles. The zero-order valence-corrected chi connectivity index (χ0v) is 10.9. The van der Waals surface area contributed by atoms with E-state index in [-0.39, 0.29) is 5.54 Å². The molecule has 4 nitrogen and oxygen atoms in total. The number of nitrogens with two attached hydrogens (primary N) is 1. The molecule has 1 rings (SSSR count). The molecule has 0 saturated carbocycles. The Morgan fingerprint density at radius 2 is 2.19 bits per heavy atom. The fraction of sp³-hybridized carbons (Fsp3) is 0.750. The van der Waals surface area contributed by atoms with Gasteiger partial charge in [-0.1, -0.05) is 0 Å². The van der Waals surface area contributed by atoms with Crippen molar-refractivity contribution in [3.63, 3.8) is 0 Å². The lowest BCUT2D eigenvalue weighted by Crippen LogP contribution is -2.33. The van der Waals surface area contributed by atoms with Gasteiger partial charge < -0.3 is 10.6 Å². The van der Waals surface area contributed by atoms with E-state index < -0.39 is 0 Å². The summed E-state index contributed by atoms with van der Waals surface area (Å²) in [5.41, 5.74) is 7.16. The average molecular weight is 224 g/mol. The molecule has 1 aromatic heterocycles. The summed E-state index contributed by atoms with van der Waals surface area (Å²) in [4.78, 5) is 2.31. The van der Waals surface area contributed by atoms with Gasteiger partial charge in [0.1, 0.15) is 0 Å². The van der Waals surface area contributed by atoms with Crippen LogP contribution in [0.1, 0.15) is 32.3 Å². The quantitative estimate of drug-likeness (QED) is 0.794. The molecular weight excluding hydrogens is 200 g/mol. The van der Waals surface area contributed by atoms with Crippen LogP contribution in [0.5, 0.6) is 0 Å². The van der Waals surface area contributed by atoms with Gasteiger partial charge in [-0.2, -0.15) is 5.10 Å². The van der Waals surface area contributed by atoms with Gasteiger partial charge in [0.05, 0.1) is 6.20 Å². The van der Waals surface area contributed by atoms with Crippen molar-refractivity contribution in [2.75, 3.05) is 13.6 Å². The monoisotopic (exact) mass is 224 g/mol. The van der Waals surface area contributed by atoms with E-state index in [1.54, 1.807) is 0 Å². The average Bonchev–Trinajstić information content (AvgIpc) is 2.48. The Morgan fingerprint density at radius 1 is 1.50 bits per heavy atom. The standard InChI is InChI=1S/C12H24N4/c1-12(2,13)6-5-7-15(3)9-11-8-14-16(4)10-11/h8,10H,5-7,9,13H2,1-4H3. The third-order valence-electron chi connectivity index (χ3n) is 2.57. The van der Waals surface area contributed by atoms with Crippen LogP contribution in [0.3, 0.4) is 0 Å². The molecule has 2 N–H and O–H groups in total. The molecule has 0 unspecified atom stereocenters. The molecule has 0 spiro atoms. The maximum Gasteiger partial charge on any atom is 0.0534 e. The lowest BCUT2D eigenvalue weighted by molar-refractivity contribution is 0.303. The van der Waals surface area contributed by atoms with Crippen LogP contribution in [0.25, 0.3) is 0 Å². The Balaban J connectivity index is 2.23. The van der Waals surface area contributed by atoms with Gasteiger partial charge in [0.2, 0.25) is 0 Å². The highest BCUT2D eigenvalue weighted by Gasteiger charge is 2.10. The Hall–Kier alpha value is -0.870. The van der Waals surface area contributed by atoms with E-state index in [2.05, 4.69) is 37.1 Å². The van der Waals surface area contributed by atoms with Crippen LogP contribution >= 0.6 is 0 Å². The van der Waals surface area contributed by atoms with Crippen LogP contribution in [0.15, 0.2) is 12.4 Å². The lowest BCUT2D eigenvalue weighted by Gasteiger charge is -2.21. The normalized spacial score (nSPS) is 12.4. The lowest BCUT2D eigenvalue weighted by atomic mass is 10.00. The summed E-state index contributed by atoms with van der Waals surface area (Å²) in [7, 11) is 4.08. The molecule has 0 amide bonds. The first-order chi connectivity index (χ1) is 7.37. The predicted molar refractivity (Wildman–Crippen MR) is 67.0 cm³/mol. The van der Waals surface area contributed by atoms with Crippen LogP contribution < -0.4 is 5.73 Å². The first kappa shape index (κ1) is 13.2. The third kappa shape index (κ3) is 5.28. The Labute approximate surface area is 98.4 Å². The van der Waals surface area contributed by atoms with E-state index in [9.17, 15) is 0 Å². The highest BCUT2D eigenvalue weighted by molar-refractivity contribution is 5.02. The summed E-state index contributed by atoms with van der Waals surface area (Å²) < 4.78 is 1.84. The molecule has 0 aliphatic rings. The summed E-state index contributed by atoms with van der Waals surface area (Å²) in [6.07, 6.45) is 6.18. The Kier molecular flexibility index (Phi) is 4.50. The van der Waals surface area contributed by atoms with Gasteiger partial charge in [0.15, 0.2) is 0 Å². The van der Waals surface area contributed by atoms with Gasteiger partial charge in [-0.25, -0.2) is 0 Å². The van der Waals surface area contributed by atoms with Crippen molar-refractivity contribution in [1.29, 1.82) is 0 Å². The zero-order valence-electron chi connectivity index (χ0n) is 10.9. The van der Waals surface area contributed by atoms with Gasteiger partial charge in [-0.05, 0) is 40.3 Å². The predicted octanol–water partition coefficient (Wildman–Crippen LogP) is 1.37. The largest absolute Gasteiger partial charge is 0.326 e. The van der Waals surface area contributed by atoms with Gasteiger partial charge in [0.25, 0.3) is 0 Å². The summed E-state index contributed by atoms with van der Waals surface area (Å²) in [6, 6.07) is 0. The molecule has 0 aliphatic carbocycles. The number of rotatable bonds is 6. The minimum atomic E-state index is -0.0465. The topological polar surface area (TPSA) is 47.1 Å². The van der Waals surface area contributed by atoms with Crippen molar-refractivity contribution in [3.05, 3.63) is 18.0 Å². The van der Waals surface area contributed by atoms with Gasteiger partial charge >= 0.3 is 0 Å². The number of hydrogen-bond acceptors (Lipinski definition) is 3. The molecule has 1 heterocycles. The number of hydrogen-bond donors (Lipinski definition) is 1. The Bertz CT molecular complexity index is 311. The summed E-state index contributed by atoms with van der Waals surface area (Å²) in [5.74, 6) is 0.